The van der Waals surface area contributed by atoms with E-state index < -0.39 is 0 Å². The van der Waals surface area contributed by atoms with E-state index in [0.717, 1.165) is 51.7 Å². The lowest BCUT2D eigenvalue weighted by Gasteiger charge is -2.17. The van der Waals surface area contributed by atoms with Gasteiger partial charge in [-0.05, 0) is 80.8 Å². The van der Waals surface area contributed by atoms with Crippen molar-refractivity contribution in [3.8, 4) is 17.2 Å². The Bertz CT molecular complexity index is 1310. The zero-order valence-electron chi connectivity index (χ0n) is 21.3. The zero-order valence-corrected chi connectivity index (χ0v) is 21.3. The van der Waals surface area contributed by atoms with Crippen LogP contribution in [0.2, 0.25) is 0 Å². The highest BCUT2D eigenvalue weighted by Gasteiger charge is 2.19. The number of ether oxygens (including phenoxy) is 3. The summed E-state index contributed by atoms with van der Waals surface area (Å²) in [5.74, 6) is 2.94. The Morgan fingerprint density at radius 2 is 1.75 bits per heavy atom. The van der Waals surface area contributed by atoms with Crippen LogP contribution >= 0.6 is 0 Å². The van der Waals surface area contributed by atoms with Crippen molar-refractivity contribution >= 4 is 16.9 Å². The maximum absolute atomic E-state index is 12.7. The average Bonchev–Trinajstić information content (AvgIpc) is 3.26. The number of aryl methyl sites for hydroxylation is 3. The molecule has 3 aromatic carbocycles. The van der Waals surface area contributed by atoms with Gasteiger partial charge in [-0.25, -0.2) is 4.98 Å². The zero-order chi connectivity index (χ0) is 25.5. The van der Waals surface area contributed by atoms with Crippen LogP contribution in [0.3, 0.4) is 0 Å². The number of nitrogens with zero attached hydrogens (tertiary/aromatic N) is 2. The highest BCUT2D eigenvalue weighted by Crippen LogP contribution is 2.23. The fourth-order valence-electron chi connectivity index (χ4n) is 4.10. The van der Waals surface area contributed by atoms with E-state index in [1.54, 1.807) is 7.11 Å². The number of fused-ring (bicyclic) bond motifs is 1. The van der Waals surface area contributed by atoms with Crippen molar-refractivity contribution in [3.63, 3.8) is 0 Å². The first-order chi connectivity index (χ1) is 17.4. The van der Waals surface area contributed by atoms with Crippen LogP contribution in [0.4, 0.5) is 0 Å². The van der Waals surface area contributed by atoms with E-state index in [1.807, 2.05) is 87.5 Å². The molecule has 36 heavy (non-hydrogen) atoms. The topological polar surface area (TPSA) is 74.6 Å². The number of methoxy groups -OCH3 is 1. The third-order valence-electron chi connectivity index (χ3n) is 6.01. The molecule has 1 heterocycles. The fourth-order valence-corrected chi connectivity index (χ4v) is 4.10. The molecule has 1 amide bonds. The average molecular weight is 488 g/mol. The highest BCUT2D eigenvalue weighted by molar-refractivity contribution is 5.79. The molecule has 7 nitrogen and oxygen atoms in total. The molecule has 0 saturated heterocycles. The predicted octanol–water partition coefficient (Wildman–Crippen LogP) is 5.39. The minimum absolute atomic E-state index is 0.0510. The first kappa shape index (κ1) is 25.1. The molecule has 0 fully saturated rings. The summed E-state index contributed by atoms with van der Waals surface area (Å²) >= 11 is 0. The molecule has 0 bridgehead atoms. The molecule has 1 aromatic heterocycles. The van der Waals surface area contributed by atoms with Gasteiger partial charge in [0.25, 0.3) is 5.91 Å². The molecule has 4 aromatic rings. The lowest BCUT2D eigenvalue weighted by Crippen LogP contribution is -2.32. The summed E-state index contributed by atoms with van der Waals surface area (Å²) in [6.45, 7) is 7.14. The summed E-state index contributed by atoms with van der Waals surface area (Å²) in [5.41, 5.74) is 4.02. The van der Waals surface area contributed by atoms with Gasteiger partial charge in [-0.15, -0.1) is 0 Å². The van der Waals surface area contributed by atoms with E-state index in [0.29, 0.717) is 13.2 Å². The van der Waals surface area contributed by atoms with Crippen LogP contribution in [-0.2, 0) is 11.3 Å². The number of para-hydroxylation sites is 2. The second-order valence-corrected chi connectivity index (χ2v) is 8.83. The molecule has 1 atom stereocenters. The Morgan fingerprint density at radius 1 is 1.00 bits per heavy atom. The van der Waals surface area contributed by atoms with Crippen molar-refractivity contribution in [1.82, 2.24) is 14.9 Å². The van der Waals surface area contributed by atoms with Crippen molar-refractivity contribution < 1.29 is 19.0 Å². The number of imidazole rings is 1. The molecular weight excluding hydrogens is 454 g/mol. The summed E-state index contributed by atoms with van der Waals surface area (Å²) in [6, 6.07) is 21.2. The van der Waals surface area contributed by atoms with Gasteiger partial charge in [0.2, 0.25) is 0 Å². The van der Waals surface area contributed by atoms with E-state index in [-0.39, 0.29) is 18.6 Å². The van der Waals surface area contributed by atoms with Crippen molar-refractivity contribution in [2.75, 3.05) is 20.3 Å². The Hall–Kier alpha value is -4.00. The van der Waals surface area contributed by atoms with Gasteiger partial charge in [-0.2, -0.15) is 0 Å². The summed E-state index contributed by atoms with van der Waals surface area (Å²) < 4.78 is 19.0. The molecule has 1 N–H and O–H groups in total. The predicted molar refractivity (Wildman–Crippen MR) is 141 cm³/mol. The number of carbonyl (C=O) groups excluding carboxylic acids is 1. The van der Waals surface area contributed by atoms with E-state index in [9.17, 15) is 4.79 Å². The van der Waals surface area contributed by atoms with Crippen LogP contribution in [0.15, 0.2) is 66.7 Å². The Balaban J connectivity index is 1.38. The van der Waals surface area contributed by atoms with Crippen LogP contribution in [0, 0.1) is 13.8 Å². The minimum atomic E-state index is -0.283. The van der Waals surface area contributed by atoms with Gasteiger partial charge in [0, 0.05) is 6.54 Å². The normalized spacial score (nSPS) is 11.8. The van der Waals surface area contributed by atoms with Gasteiger partial charge >= 0.3 is 0 Å². The van der Waals surface area contributed by atoms with E-state index in [1.165, 1.54) is 0 Å². The van der Waals surface area contributed by atoms with Crippen molar-refractivity contribution in [3.05, 3.63) is 83.7 Å². The molecule has 0 saturated carbocycles. The summed E-state index contributed by atoms with van der Waals surface area (Å²) in [4.78, 5) is 17.5. The Kier molecular flexibility index (Phi) is 8.10. The fraction of sp³-hybridized carbons (Fsp3) is 0.310. The van der Waals surface area contributed by atoms with Crippen molar-refractivity contribution in [2.45, 2.75) is 39.8 Å². The van der Waals surface area contributed by atoms with E-state index in [2.05, 4.69) is 9.88 Å². The molecule has 7 heteroatoms. The number of aromatic nitrogens is 2. The molecule has 0 spiro atoms. The SMILES string of the molecule is COc1ccc(OCCCn2c(C(C)NC(=O)COc3cc(C)ccc3C)nc3ccccc32)cc1. The molecule has 0 aliphatic carbocycles. The van der Waals surface area contributed by atoms with Gasteiger partial charge < -0.3 is 24.1 Å². The first-order valence-electron chi connectivity index (χ1n) is 12.2. The van der Waals surface area contributed by atoms with Crippen LogP contribution in [-0.4, -0.2) is 35.8 Å². The van der Waals surface area contributed by atoms with Crippen molar-refractivity contribution in [1.29, 1.82) is 0 Å². The molecule has 1 unspecified atom stereocenters. The quantitative estimate of drug-likeness (QED) is 0.287. The lowest BCUT2D eigenvalue weighted by molar-refractivity contribution is -0.123. The second kappa shape index (κ2) is 11.6. The molecule has 0 radical (unpaired) electrons. The maximum atomic E-state index is 12.7. The van der Waals surface area contributed by atoms with Crippen LogP contribution in [0.1, 0.15) is 36.3 Å². The van der Waals surface area contributed by atoms with E-state index in [4.69, 9.17) is 19.2 Å². The summed E-state index contributed by atoms with van der Waals surface area (Å²) in [7, 11) is 1.64. The van der Waals surface area contributed by atoms with Gasteiger partial charge in [0.05, 0.1) is 30.8 Å². The molecule has 188 valence electrons. The monoisotopic (exact) mass is 487 g/mol. The molecule has 0 aliphatic heterocycles. The van der Waals surface area contributed by atoms with Crippen LogP contribution in [0.25, 0.3) is 11.0 Å². The highest BCUT2D eigenvalue weighted by atomic mass is 16.5. The maximum Gasteiger partial charge on any atom is 0.258 e. The molecule has 4 rings (SSSR count). The van der Waals surface area contributed by atoms with E-state index >= 15 is 0 Å². The number of benzene rings is 3. The third-order valence-corrected chi connectivity index (χ3v) is 6.01. The second-order valence-electron chi connectivity index (χ2n) is 8.83. The molecular formula is C29H33N3O4. The molecule has 0 aliphatic rings. The minimum Gasteiger partial charge on any atom is -0.497 e. The number of carbonyl (C=O) groups is 1. The van der Waals surface area contributed by atoms with Crippen LogP contribution < -0.4 is 19.5 Å². The largest absolute Gasteiger partial charge is 0.497 e. The number of hydrogen-bond donors (Lipinski definition) is 1. The van der Waals surface area contributed by atoms with Gasteiger partial charge in [0.15, 0.2) is 6.61 Å². The number of rotatable bonds is 11. The van der Waals surface area contributed by atoms with Gasteiger partial charge in [0.1, 0.15) is 23.1 Å². The third kappa shape index (κ3) is 6.16. The number of amides is 1. The lowest BCUT2D eigenvalue weighted by atomic mass is 10.1. The standard InChI is InChI=1S/C29H33N3O4/c1-20-10-11-21(2)27(18-20)36-19-28(33)30-22(3)29-31-25-8-5-6-9-26(25)32(29)16-7-17-35-24-14-12-23(34-4)13-15-24/h5-6,8-15,18,22H,7,16-17,19H2,1-4H3,(H,30,33). The first-order valence-corrected chi connectivity index (χ1v) is 12.2. The summed E-state index contributed by atoms with van der Waals surface area (Å²) in [6.07, 6.45) is 0.787. The smallest absolute Gasteiger partial charge is 0.258 e. The van der Waals surface area contributed by atoms with Gasteiger partial charge in [-0.3, -0.25) is 4.79 Å². The Labute approximate surface area is 212 Å². The van der Waals surface area contributed by atoms with Crippen molar-refractivity contribution in [2.24, 2.45) is 0 Å². The van der Waals surface area contributed by atoms with Gasteiger partial charge in [-0.1, -0.05) is 24.3 Å². The van der Waals surface area contributed by atoms with Crippen LogP contribution in [0.5, 0.6) is 17.2 Å². The number of nitrogens with one attached hydrogen (secondary N) is 1. The summed E-state index contributed by atoms with van der Waals surface area (Å²) in [5, 5.41) is 3.04. The number of hydrogen-bond acceptors (Lipinski definition) is 5. The Morgan fingerprint density at radius 3 is 2.53 bits per heavy atom.